The molecule has 0 spiro atoms. The predicted molar refractivity (Wildman–Crippen MR) is 75.3 cm³/mol. The van der Waals surface area contributed by atoms with Crippen LogP contribution in [-0.2, 0) is 6.54 Å². The third kappa shape index (κ3) is 2.32. The minimum Gasteiger partial charge on any atom is -0.408 e. The highest BCUT2D eigenvalue weighted by Crippen LogP contribution is 2.28. The summed E-state index contributed by atoms with van der Waals surface area (Å²) in [6.07, 6.45) is 4.84. The molecule has 4 heteroatoms. The van der Waals surface area contributed by atoms with Crippen molar-refractivity contribution in [2.24, 2.45) is 5.92 Å². The number of aryl methyl sites for hydroxylation is 1. The lowest BCUT2D eigenvalue weighted by molar-refractivity contribution is 0.371. The molecule has 0 aliphatic heterocycles. The van der Waals surface area contributed by atoms with Crippen molar-refractivity contribution in [3.63, 3.8) is 0 Å². The zero-order valence-electron chi connectivity index (χ0n) is 11.3. The average molecular weight is 260 g/mol. The molecule has 1 aliphatic carbocycles. The van der Waals surface area contributed by atoms with Crippen molar-refractivity contribution in [1.29, 1.82) is 0 Å². The number of para-hydroxylation sites is 2. The van der Waals surface area contributed by atoms with Crippen LogP contribution in [0.25, 0.3) is 11.1 Å². The molecule has 1 aliphatic rings. The highest BCUT2D eigenvalue weighted by Gasteiger charge is 2.25. The quantitative estimate of drug-likeness (QED) is 0.918. The molecule has 102 valence electrons. The van der Waals surface area contributed by atoms with Crippen LogP contribution in [0.1, 0.15) is 25.7 Å². The Hall–Kier alpha value is -1.55. The fourth-order valence-electron chi connectivity index (χ4n) is 3.28. The van der Waals surface area contributed by atoms with Gasteiger partial charge in [-0.2, -0.15) is 0 Å². The summed E-state index contributed by atoms with van der Waals surface area (Å²) in [6, 6.07) is 8.24. The van der Waals surface area contributed by atoms with Crippen LogP contribution in [0.4, 0.5) is 0 Å². The molecule has 1 aromatic carbocycles. The molecule has 19 heavy (non-hydrogen) atoms. The number of hydrogen-bond acceptors (Lipinski definition) is 3. The first-order chi connectivity index (χ1) is 9.29. The van der Waals surface area contributed by atoms with Crippen LogP contribution >= 0.6 is 0 Å². The van der Waals surface area contributed by atoms with E-state index in [1.165, 1.54) is 19.3 Å². The van der Waals surface area contributed by atoms with E-state index in [-0.39, 0.29) is 5.76 Å². The topological polar surface area (TPSA) is 47.2 Å². The molecule has 1 aromatic heterocycles. The normalized spacial score (nSPS) is 23.2. The van der Waals surface area contributed by atoms with Crippen LogP contribution < -0.4 is 11.1 Å². The van der Waals surface area contributed by atoms with Crippen LogP contribution in [0.2, 0.25) is 0 Å². The highest BCUT2D eigenvalue weighted by atomic mass is 16.4. The monoisotopic (exact) mass is 260 g/mol. The van der Waals surface area contributed by atoms with Gasteiger partial charge >= 0.3 is 5.76 Å². The maximum atomic E-state index is 11.9. The smallest absolute Gasteiger partial charge is 0.408 e. The van der Waals surface area contributed by atoms with Gasteiger partial charge in [-0.25, -0.2) is 4.79 Å². The van der Waals surface area contributed by atoms with E-state index in [4.69, 9.17) is 4.42 Å². The SMILES string of the molecule is CNC1CCCC1CCn1c(=O)oc2ccccc21. The van der Waals surface area contributed by atoms with Gasteiger partial charge in [0.15, 0.2) is 5.58 Å². The third-order valence-electron chi connectivity index (χ3n) is 4.33. The Labute approximate surface area is 112 Å². The number of oxazole rings is 1. The average Bonchev–Trinajstić information content (AvgIpc) is 2.99. The van der Waals surface area contributed by atoms with Gasteiger partial charge in [-0.05, 0) is 44.4 Å². The molecule has 1 saturated carbocycles. The van der Waals surface area contributed by atoms with Crippen molar-refractivity contribution < 1.29 is 4.42 Å². The first-order valence-electron chi connectivity index (χ1n) is 7.05. The second kappa shape index (κ2) is 5.21. The second-order valence-electron chi connectivity index (χ2n) is 5.36. The summed E-state index contributed by atoms with van der Waals surface area (Å²) < 4.78 is 7.02. The van der Waals surface area contributed by atoms with Crippen molar-refractivity contribution in [2.45, 2.75) is 38.3 Å². The van der Waals surface area contributed by atoms with Gasteiger partial charge in [0.1, 0.15) is 0 Å². The largest absolute Gasteiger partial charge is 0.419 e. The lowest BCUT2D eigenvalue weighted by Crippen LogP contribution is -2.30. The van der Waals surface area contributed by atoms with Gasteiger partial charge < -0.3 is 9.73 Å². The molecule has 1 heterocycles. The fraction of sp³-hybridized carbons (Fsp3) is 0.533. The third-order valence-corrected chi connectivity index (χ3v) is 4.33. The van der Waals surface area contributed by atoms with Crippen LogP contribution in [0.3, 0.4) is 0 Å². The summed E-state index contributed by atoms with van der Waals surface area (Å²) in [7, 11) is 2.03. The van der Waals surface area contributed by atoms with Crippen LogP contribution in [0, 0.1) is 5.92 Å². The van der Waals surface area contributed by atoms with E-state index in [2.05, 4.69) is 5.32 Å². The summed E-state index contributed by atoms with van der Waals surface area (Å²) in [5.74, 6) is 0.436. The van der Waals surface area contributed by atoms with Crippen molar-refractivity contribution >= 4 is 11.1 Å². The molecule has 3 rings (SSSR count). The minimum atomic E-state index is -0.236. The zero-order valence-corrected chi connectivity index (χ0v) is 11.3. The lowest BCUT2D eigenvalue weighted by atomic mass is 10.00. The van der Waals surface area contributed by atoms with E-state index in [1.807, 2.05) is 31.3 Å². The molecule has 2 unspecified atom stereocenters. The zero-order chi connectivity index (χ0) is 13.2. The molecule has 0 amide bonds. The molecular weight excluding hydrogens is 240 g/mol. The number of nitrogens with zero attached hydrogens (tertiary/aromatic N) is 1. The van der Waals surface area contributed by atoms with E-state index in [1.54, 1.807) is 4.57 Å². The van der Waals surface area contributed by atoms with Crippen molar-refractivity contribution in [1.82, 2.24) is 9.88 Å². The number of fused-ring (bicyclic) bond motifs is 1. The Morgan fingerprint density at radius 2 is 2.21 bits per heavy atom. The van der Waals surface area contributed by atoms with Gasteiger partial charge in [-0.3, -0.25) is 4.57 Å². The van der Waals surface area contributed by atoms with Gasteiger partial charge in [-0.1, -0.05) is 18.6 Å². The Kier molecular flexibility index (Phi) is 3.42. The molecule has 4 nitrogen and oxygen atoms in total. The molecule has 0 radical (unpaired) electrons. The Bertz CT molecular complexity index is 614. The minimum absolute atomic E-state index is 0.236. The molecule has 2 aromatic rings. The van der Waals surface area contributed by atoms with Gasteiger partial charge in [0, 0.05) is 12.6 Å². The van der Waals surface area contributed by atoms with Crippen molar-refractivity contribution in [3.8, 4) is 0 Å². The molecular formula is C15H20N2O2. The maximum absolute atomic E-state index is 11.9. The van der Waals surface area contributed by atoms with Crippen LogP contribution in [0.15, 0.2) is 33.5 Å². The first kappa shape index (κ1) is 12.5. The highest BCUT2D eigenvalue weighted by molar-refractivity contribution is 5.72. The van der Waals surface area contributed by atoms with Crippen LogP contribution in [0.5, 0.6) is 0 Å². The summed E-state index contributed by atoms with van der Waals surface area (Å²) in [6.45, 7) is 0.749. The Balaban J connectivity index is 1.78. The van der Waals surface area contributed by atoms with Gasteiger partial charge in [0.05, 0.1) is 5.52 Å². The lowest BCUT2D eigenvalue weighted by Gasteiger charge is -2.18. The predicted octanol–water partition coefficient (Wildman–Crippen LogP) is 2.37. The van der Waals surface area contributed by atoms with E-state index >= 15 is 0 Å². The standard InChI is InChI=1S/C15H20N2O2/c1-16-12-6-4-5-11(12)9-10-17-13-7-2-3-8-14(13)19-15(17)18/h2-3,7-8,11-12,16H,4-6,9-10H2,1H3. The second-order valence-corrected chi connectivity index (χ2v) is 5.36. The number of hydrogen-bond donors (Lipinski definition) is 1. The summed E-state index contributed by atoms with van der Waals surface area (Å²) in [5.41, 5.74) is 1.59. The first-order valence-corrected chi connectivity index (χ1v) is 7.05. The molecule has 1 fully saturated rings. The number of aromatic nitrogens is 1. The summed E-state index contributed by atoms with van der Waals surface area (Å²) in [5, 5.41) is 3.39. The van der Waals surface area contributed by atoms with Gasteiger partial charge in [0.2, 0.25) is 0 Å². The number of rotatable bonds is 4. The van der Waals surface area contributed by atoms with Crippen molar-refractivity contribution in [2.75, 3.05) is 7.05 Å². The molecule has 2 atom stereocenters. The Morgan fingerprint density at radius 3 is 3.05 bits per heavy atom. The molecule has 1 N–H and O–H groups in total. The van der Waals surface area contributed by atoms with E-state index in [0.717, 1.165) is 18.5 Å². The van der Waals surface area contributed by atoms with E-state index < -0.39 is 0 Å². The molecule has 0 bridgehead atoms. The number of benzene rings is 1. The van der Waals surface area contributed by atoms with Gasteiger partial charge in [-0.15, -0.1) is 0 Å². The number of nitrogens with one attached hydrogen (secondary N) is 1. The van der Waals surface area contributed by atoms with Crippen molar-refractivity contribution in [3.05, 3.63) is 34.8 Å². The van der Waals surface area contributed by atoms with Gasteiger partial charge in [0.25, 0.3) is 0 Å². The summed E-state index contributed by atoms with van der Waals surface area (Å²) >= 11 is 0. The van der Waals surface area contributed by atoms with E-state index in [0.29, 0.717) is 17.5 Å². The molecule has 0 saturated heterocycles. The van der Waals surface area contributed by atoms with E-state index in [9.17, 15) is 4.79 Å². The fourth-order valence-corrected chi connectivity index (χ4v) is 3.28. The maximum Gasteiger partial charge on any atom is 0.419 e. The van der Waals surface area contributed by atoms with Crippen LogP contribution in [-0.4, -0.2) is 17.7 Å². The summed E-state index contributed by atoms with van der Waals surface area (Å²) in [4.78, 5) is 11.9. The Morgan fingerprint density at radius 1 is 1.37 bits per heavy atom.